The molecule has 0 heterocycles. The lowest BCUT2D eigenvalue weighted by Crippen LogP contribution is -2.45. The second-order valence-electron chi connectivity index (χ2n) is 3.72. The smallest absolute Gasteiger partial charge is 0.141 e. The largest absolute Gasteiger partial charge is 0.384 e. The zero-order chi connectivity index (χ0) is 10.6. The topological polar surface area (TPSA) is 80.6 Å². The summed E-state index contributed by atoms with van der Waals surface area (Å²) in [6.45, 7) is 0.386. The maximum atomic E-state index is 8.80. The first kappa shape index (κ1) is 10.5. The molecule has 0 aromatic rings. The lowest BCUT2D eigenvalue weighted by Gasteiger charge is -2.45. The van der Waals surface area contributed by atoms with E-state index in [0.29, 0.717) is 19.4 Å². The van der Waals surface area contributed by atoms with Gasteiger partial charge < -0.3 is 4.74 Å². The van der Waals surface area contributed by atoms with Gasteiger partial charge in [-0.05, 0) is 12.8 Å². The maximum Gasteiger partial charge on any atom is 0.141 e. The molecule has 0 aliphatic heterocycles. The Bertz CT molecular complexity index is 311. The molecule has 4 nitrogen and oxygen atoms in total. The number of ether oxygens (including phenoxy) is 1. The van der Waals surface area contributed by atoms with E-state index in [2.05, 4.69) is 6.07 Å². The number of hydrogen-bond donors (Lipinski definition) is 0. The van der Waals surface area contributed by atoms with Crippen LogP contribution in [0.5, 0.6) is 0 Å². The third-order valence-electron chi connectivity index (χ3n) is 2.79. The average molecular weight is 189 g/mol. The minimum Gasteiger partial charge on any atom is -0.384 e. The Labute approximate surface area is 83.3 Å². The molecule has 0 unspecified atom stereocenters. The van der Waals surface area contributed by atoms with Gasteiger partial charge in [-0.1, -0.05) is 0 Å². The summed E-state index contributed by atoms with van der Waals surface area (Å²) < 4.78 is 5.01. The van der Waals surface area contributed by atoms with Crippen molar-refractivity contribution in [2.45, 2.75) is 12.8 Å². The Morgan fingerprint density at radius 2 is 1.93 bits per heavy atom. The van der Waals surface area contributed by atoms with Crippen LogP contribution in [-0.2, 0) is 4.74 Å². The molecule has 0 spiro atoms. The highest BCUT2D eigenvalue weighted by Crippen LogP contribution is 2.50. The van der Waals surface area contributed by atoms with Crippen LogP contribution in [0, 0.1) is 51.2 Å². The lowest BCUT2D eigenvalue weighted by molar-refractivity contribution is -0.0221. The molecule has 0 N–H and O–H groups in total. The molecule has 1 fully saturated rings. The van der Waals surface area contributed by atoms with Crippen LogP contribution < -0.4 is 0 Å². The molecule has 0 aromatic carbocycles. The predicted molar refractivity (Wildman–Crippen MR) is 47.4 cm³/mol. The lowest BCUT2D eigenvalue weighted by atomic mass is 9.57. The molecule has 0 aromatic heterocycles. The van der Waals surface area contributed by atoms with Gasteiger partial charge in [-0.2, -0.15) is 15.8 Å². The van der Waals surface area contributed by atoms with Crippen molar-refractivity contribution < 1.29 is 4.74 Å². The first-order valence-corrected chi connectivity index (χ1v) is 4.40. The van der Waals surface area contributed by atoms with Crippen molar-refractivity contribution in [1.82, 2.24) is 0 Å². The number of methoxy groups -OCH3 is 1. The van der Waals surface area contributed by atoms with Gasteiger partial charge in [0, 0.05) is 18.4 Å². The average Bonchev–Trinajstić information content (AvgIpc) is 2.14. The SMILES string of the molecule is COCC1(C(C#N)C#N)CC(C#N)C1. The van der Waals surface area contributed by atoms with Crippen LogP contribution in [0.15, 0.2) is 0 Å². The van der Waals surface area contributed by atoms with Crippen molar-refractivity contribution in [3.8, 4) is 18.2 Å². The fraction of sp³-hybridized carbons (Fsp3) is 0.700. The van der Waals surface area contributed by atoms with Gasteiger partial charge in [0.25, 0.3) is 0 Å². The summed E-state index contributed by atoms with van der Waals surface area (Å²) in [6.07, 6.45) is 1.20. The van der Waals surface area contributed by atoms with Crippen molar-refractivity contribution in [1.29, 1.82) is 15.8 Å². The van der Waals surface area contributed by atoms with Crippen LogP contribution in [0.25, 0.3) is 0 Å². The Morgan fingerprint density at radius 3 is 2.29 bits per heavy atom. The summed E-state index contributed by atoms with van der Waals surface area (Å²) >= 11 is 0. The highest BCUT2D eigenvalue weighted by molar-refractivity contribution is 5.16. The number of nitriles is 3. The summed E-state index contributed by atoms with van der Waals surface area (Å²) in [5.41, 5.74) is -0.404. The van der Waals surface area contributed by atoms with E-state index >= 15 is 0 Å². The van der Waals surface area contributed by atoms with Crippen LogP contribution in [-0.4, -0.2) is 13.7 Å². The highest BCUT2D eigenvalue weighted by atomic mass is 16.5. The van der Waals surface area contributed by atoms with Crippen LogP contribution >= 0.6 is 0 Å². The fourth-order valence-corrected chi connectivity index (χ4v) is 2.04. The monoisotopic (exact) mass is 189 g/mol. The second-order valence-corrected chi connectivity index (χ2v) is 3.72. The predicted octanol–water partition coefficient (Wildman–Crippen LogP) is 1.22. The van der Waals surface area contributed by atoms with E-state index < -0.39 is 11.3 Å². The molecule has 72 valence electrons. The zero-order valence-corrected chi connectivity index (χ0v) is 8.03. The normalized spacial score (nSPS) is 29.8. The van der Waals surface area contributed by atoms with E-state index in [-0.39, 0.29) is 5.92 Å². The van der Waals surface area contributed by atoms with E-state index in [1.165, 1.54) is 0 Å². The minimum atomic E-state index is -0.660. The maximum absolute atomic E-state index is 8.80. The van der Waals surface area contributed by atoms with Crippen molar-refractivity contribution in [2.24, 2.45) is 17.3 Å². The summed E-state index contributed by atoms with van der Waals surface area (Å²) in [4.78, 5) is 0. The third kappa shape index (κ3) is 1.55. The standard InChI is InChI=1S/C10H11N3O/c1-14-7-10(9(5-12)6-13)2-8(3-10)4-11/h8-9H,2-3,7H2,1H3. The summed E-state index contributed by atoms with van der Waals surface area (Å²) in [6, 6.07) is 6.09. The molecule has 0 radical (unpaired) electrons. The van der Waals surface area contributed by atoms with Gasteiger partial charge in [-0.3, -0.25) is 0 Å². The van der Waals surface area contributed by atoms with Crippen LogP contribution in [0.2, 0.25) is 0 Å². The Morgan fingerprint density at radius 1 is 1.36 bits per heavy atom. The molecular weight excluding hydrogens is 178 g/mol. The molecule has 1 aliphatic carbocycles. The molecule has 4 heteroatoms. The number of hydrogen-bond acceptors (Lipinski definition) is 4. The van der Waals surface area contributed by atoms with Crippen molar-refractivity contribution in [2.75, 3.05) is 13.7 Å². The second kappa shape index (κ2) is 4.09. The van der Waals surface area contributed by atoms with E-state index in [4.69, 9.17) is 20.5 Å². The first-order valence-electron chi connectivity index (χ1n) is 4.40. The summed E-state index contributed by atoms with van der Waals surface area (Å²) in [7, 11) is 1.55. The molecule has 0 bridgehead atoms. The third-order valence-corrected chi connectivity index (χ3v) is 2.79. The van der Waals surface area contributed by atoms with Gasteiger partial charge >= 0.3 is 0 Å². The van der Waals surface area contributed by atoms with Crippen molar-refractivity contribution in [3.63, 3.8) is 0 Å². The van der Waals surface area contributed by atoms with Gasteiger partial charge in [-0.25, -0.2) is 0 Å². The van der Waals surface area contributed by atoms with Gasteiger partial charge in [0.15, 0.2) is 0 Å². The molecular formula is C10H11N3O. The Hall–Kier alpha value is -1.57. The number of rotatable bonds is 3. The van der Waals surface area contributed by atoms with Crippen LogP contribution in [0.3, 0.4) is 0 Å². The Balaban J connectivity index is 2.74. The van der Waals surface area contributed by atoms with Crippen LogP contribution in [0.4, 0.5) is 0 Å². The van der Waals surface area contributed by atoms with Crippen molar-refractivity contribution >= 4 is 0 Å². The van der Waals surface area contributed by atoms with Gasteiger partial charge in [-0.15, -0.1) is 0 Å². The minimum absolute atomic E-state index is 0.0191. The van der Waals surface area contributed by atoms with E-state index in [9.17, 15) is 0 Å². The first-order chi connectivity index (χ1) is 6.72. The van der Waals surface area contributed by atoms with Gasteiger partial charge in [0.05, 0.1) is 24.8 Å². The molecule has 0 atom stereocenters. The van der Waals surface area contributed by atoms with E-state index in [0.717, 1.165) is 0 Å². The van der Waals surface area contributed by atoms with Crippen molar-refractivity contribution in [3.05, 3.63) is 0 Å². The zero-order valence-electron chi connectivity index (χ0n) is 8.03. The van der Waals surface area contributed by atoms with E-state index in [1.807, 2.05) is 12.1 Å². The molecule has 1 aliphatic rings. The van der Waals surface area contributed by atoms with Gasteiger partial charge in [0.1, 0.15) is 5.92 Å². The molecule has 0 amide bonds. The summed E-state index contributed by atoms with van der Waals surface area (Å²) in [5.74, 6) is -0.679. The van der Waals surface area contributed by atoms with Crippen LogP contribution in [0.1, 0.15) is 12.8 Å². The quantitative estimate of drug-likeness (QED) is 0.668. The molecule has 0 saturated heterocycles. The highest BCUT2D eigenvalue weighted by Gasteiger charge is 2.50. The van der Waals surface area contributed by atoms with E-state index in [1.54, 1.807) is 7.11 Å². The molecule has 1 saturated carbocycles. The molecule has 14 heavy (non-hydrogen) atoms. The molecule has 1 rings (SSSR count). The fourth-order valence-electron chi connectivity index (χ4n) is 2.04. The summed E-state index contributed by atoms with van der Waals surface area (Å²) in [5, 5.41) is 26.3. The Kier molecular flexibility index (Phi) is 3.07. The van der Waals surface area contributed by atoms with Gasteiger partial charge in [0.2, 0.25) is 0 Å². The number of nitrogens with zero attached hydrogens (tertiary/aromatic N) is 3.